The average molecular weight is 458 g/mol. The smallest absolute Gasteiger partial charge is 0.227 e. The van der Waals surface area contributed by atoms with Crippen LogP contribution in [-0.4, -0.2) is 67.4 Å². The number of anilines is 2. The number of amides is 1. The molecule has 2 aliphatic rings. The Kier molecular flexibility index (Phi) is 6.60. The molecule has 0 radical (unpaired) electrons. The van der Waals surface area contributed by atoms with Gasteiger partial charge in [0.25, 0.3) is 0 Å². The minimum Gasteiger partial charge on any atom is -0.497 e. The molecule has 3 aromatic rings. The second kappa shape index (κ2) is 10.1. The van der Waals surface area contributed by atoms with E-state index in [1.807, 2.05) is 59.5 Å². The molecular weight excluding hydrogens is 426 g/mol. The molecule has 0 saturated carbocycles. The van der Waals surface area contributed by atoms with Gasteiger partial charge in [-0.1, -0.05) is 30.3 Å². The van der Waals surface area contributed by atoms with E-state index in [0.717, 1.165) is 68.4 Å². The summed E-state index contributed by atoms with van der Waals surface area (Å²) >= 11 is 0. The second-order valence-electron chi connectivity index (χ2n) is 8.94. The van der Waals surface area contributed by atoms with Gasteiger partial charge in [-0.05, 0) is 49.2 Å². The van der Waals surface area contributed by atoms with Crippen LogP contribution in [0.1, 0.15) is 12.8 Å². The van der Waals surface area contributed by atoms with Crippen molar-refractivity contribution in [2.75, 3.05) is 56.2 Å². The van der Waals surface area contributed by atoms with Crippen LogP contribution in [0.5, 0.6) is 5.75 Å². The number of piperazine rings is 1. The zero-order valence-electron chi connectivity index (χ0n) is 19.6. The first-order valence-corrected chi connectivity index (χ1v) is 12.0. The summed E-state index contributed by atoms with van der Waals surface area (Å²) in [7, 11) is 1.68. The van der Waals surface area contributed by atoms with Crippen LogP contribution >= 0.6 is 0 Å². The van der Waals surface area contributed by atoms with Crippen LogP contribution in [-0.2, 0) is 4.79 Å². The van der Waals surface area contributed by atoms with Gasteiger partial charge in [0.05, 0.1) is 18.7 Å². The van der Waals surface area contributed by atoms with E-state index >= 15 is 0 Å². The summed E-state index contributed by atoms with van der Waals surface area (Å²) in [4.78, 5) is 19.9. The van der Waals surface area contributed by atoms with Gasteiger partial charge >= 0.3 is 0 Å². The Morgan fingerprint density at radius 3 is 2.29 bits per heavy atom. The van der Waals surface area contributed by atoms with Crippen molar-refractivity contribution < 1.29 is 9.53 Å². The Morgan fingerprint density at radius 2 is 1.62 bits per heavy atom. The standard InChI is InChI=1S/C27H31N5O2/c1-34-24-11-9-23(10-12-24)30-16-18-31(19-17-30)27(33)22-8-5-15-32(20-22)26-14-13-25(28-29-26)21-6-3-2-4-7-21/h2-4,6-7,9-14,22H,5,8,15-20H2,1H3/t22-/m1/s1. The minimum absolute atomic E-state index is 0.0110. The van der Waals surface area contributed by atoms with Crippen LogP contribution in [0.4, 0.5) is 11.5 Å². The number of ether oxygens (including phenoxy) is 1. The number of carbonyl (C=O) groups is 1. The molecule has 176 valence electrons. The van der Waals surface area contributed by atoms with Gasteiger partial charge in [-0.3, -0.25) is 4.79 Å². The molecule has 0 bridgehead atoms. The van der Waals surface area contributed by atoms with Gasteiger partial charge in [0.2, 0.25) is 5.91 Å². The summed E-state index contributed by atoms with van der Waals surface area (Å²) in [6, 6.07) is 22.2. The predicted octanol–water partition coefficient (Wildman–Crippen LogP) is 3.72. The van der Waals surface area contributed by atoms with Crippen LogP contribution in [0.25, 0.3) is 11.3 Å². The summed E-state index contributed by atoms with van der Waals surface area (Å²) in [6.07, 6.45) is 1.92. The number of nitrogens with zero attached hydrogens (tertiary/aromatic N) is 5. The fraction of sp³-hybridized carbons (Fsp3) is 0.370. The SMILES string of the molecule is COc1ccc(N2CCN(C(=O)[C@@H]3CCCN(c4ccc(-c5ccccc5)nn4)C3)CC2)cc1. The first-order chi connectivity index (χ1) is 16.7. The third-order valence-corrected chi connectivity index (χ3v) is 6.84. The average Bonchev–Trinajstić information content (AvgIpc) is 2.93. The fourth-order valence-electron chi connectivity index (χ4n) is 4.88. The Bertz CT molecular complexity index is 1080. The largest absolute Gasteiger partial charge is 0.497 e. The normalized spacial score (nSPS) is 18.6. The van der Waals surface area contributed by atoms with E-state index in [1.165, 1.54) is 5.69 Å². The van der Waals surface area contributed by atoms with E-state index in [-0.39, 0.29) is 11.8 Å². The molecule has 34 heavy (non-hydrogen) atoms. The van der Waals surface area contributed by atoms with Crippen molar-refractivity contribution in [1.82, 2.24) is 15.1 Å². The summed E-state index contributed by atoms with van der Waals surface area (Å²) < 4.78 is 5.26. The molecule has 0 aliphatic carbocycles. The number of methoxy groups -OCH3 is 1. The van der Waals surface area contributed by atoms with Crippen LogP contribution in [0, 0.1) is 5.92 Å². The highest BCUT2D eigenvalue weighted by Crippen LogP contribution is 2.26. The molecule has 3 heterocycles. The third kappa shape index (κ3) is 4.83. The maximum Gasteiger partial charge on any atom is 0.227 e. The van der Waals surface area contributed by atoms with E-state index < -0.39 is 0 Å². The first-order valence-electron chi connectivity index (χ1n) is 12.0. The number of hydrogen-bond donors (Lipinski definition) is 0. The van der Waals surface area contributed by atoms with E-state index in [0.29, 0.717) is 6.54 Å². The third-order valence-electron chi connectivity index (χ3n) is 6.84. The molecule has 0 spiro atoms. The molecule has 0 N–H and O–H groups in total. The van der Waals surface area contributed by atoms with Crippen molar-refractivity contribution in [2.45, 2.75) is 12.8 Å². The number of benzene rings is 2. The van der Waals surface area contributed by atoms with E-state index in [9.17, 15) is 4.79 Å². The lowest BCUT2D eigenvalue weighted by molar-refractivity contribution is -0.136. The number of carbonyl (C=O) groups excluding carboxylic acids is 1. The topological polar surface area (TPSA) is 61.8 Å². The van der Waals surface area contributed by atoms with Crippen LogP contribution < -0.4 is 14.5 Å². The highest BCUT2D eigenvalue weighted by molar-refractivity contribution is 5.80. The molecule has 1 aromatic heterocycles. The minimum atomic E-state index is 0.0110. The van der Waals surface area contributed by atoms with Crippen LogP contribution in [0.3, 0.4) is 0 Å². The van der Waals surface area contributed by atoms with E-state index in [1.54, 1.807) is 7.11 Å². The molecule has 2 aliphatic heterocycles. The van der Waals surface area contributed by atoms with Gasteiger partial charge in [-0.25, -0.2) is 0 Å². The molecule has 1 atom stereocenters. The number of rotatable bonds is 5. The van der Waals surface area contributed by atoms with Crippen molar-refractivity contribution in [3.8, 4) is 17.0 Å². The highest BCUT2D eigenvalue weighted by atomic mass is 16.5. The van der Waals surface area contributed by atoms with Gasteiger partial charge in [-0.15, -0.1) is 10.2 Å². The zero-order chi connectivity index (χ0) is 23.3. The Balaban J connectivity index is 1.17. The summed E-state index contributed by atoms with van der Waals surface area (Å²) in [5, 5.41) is 8.91. The van der Waals surface area contributed by atoms with Gasteiger partial charge in [0.15, 0.2) is 5.82 Å². The predicted molar refractivity (Wildman–Crippen MR) is 134 cm³/mol. The fourth-order valence-corrected chi connectivity index (χ4v) is 4.88. The van der Waals surface area contributed by atoms with E-state index in [2.05, 4.69) is 32.1 Å². The Morgan fingerprint density at radius 1 is 0.853 bits per heavy atom. The van der Waals surface area contributed by atoms with Crippen molar-refractivity contribution >= 4 is 17.4 Å². The van der Waals surface area contributed by atoms with Crippen molar-refractivity contribution in [3.05, 3.63) is 66.7 Å². The molecule has 0 unspecified atom stereocenters. The number of aromatic nitrogens is 2. The molecule has 2 saturated heterocycles. The van der Waals surface area contributed by atoms with Crippen LogP contribution in [0.15, 0.2) is 66.7 Å². The molecule has 7 nitrogen and oxygen atoms in total. The molecular formula is C27H31N5O2. The van der Waals surface area contributed by atoms with Gasteiger partial charge < -0.3 is 19.4 Å². The van der Waals surface area contributed by atoms with Gasteiger partial charge in [0, 0.05) is 50.5 Å². The highest BCUT2D eigenvalue weighted by Gasteiger charge is 2.31. The summed E-state index contributed by atoms with van der Waals surface area (Å²) in [6.45, 7) is 4.83. The molecule has 2 aromatic carbocycles. The van der Waals surface area contributed by atoms with Crippen molar-refractivity contribution in [1.29, 1.82) is 0 Å². The van der Waals surface area contributed by atoms with Crippen LogP contribution in [0.2, 0.25) is 0 Å². The van der Waals surface area contributed by atoms with Crippen molar-refractivity contribution in [2.24, 2.45) is 5.92 Å². The Labute approximate surface area is 201 Å². The monoisotopic (exact) mass is 457 g/mol. The molecule has 2 fully saturated rings. The lowest BCUT2D eigenvalue weighted by Gasteiger charge is -2.40. The number of hydrogen-bond acceptors (Lipinski definition) is 6. The lowest BCUT2D eigenvalue weighted by Crippen LogP contribution is -2.52. The van der Waals surface area contributed by atoms with Gasteiger partial charge in [0.1, 0.15) is 5.75 Å². The molecule has 7 heteroatoms. The van der Waals surface area contributed by atoms with Gasteiger partial charge in [-0.2, -0.15) is 0 Å². The maximum atomic E-state index is 13.3. The lowest BCUT2D eigenvalue weighted by atomic mass is 9.96. The first kappa shape index (κ1) is 22.2. The number of piperidine rings is 1. The second-order valence-corrected chi connectivity index (χ2v) is 8.94. The maximum absolute atomic E-state index is 13.3. The molecule has 1 amide bonds. The molecule has 5 rings (SSSR count). The Hall–Kier alpha value is -3.61. The van der Waals surface area contributed by atoms with E-state index in [4.69, 9.17) is 4.74 Å². The zero-order valence-corrected chi connectivity index (χ0v) is 19.6. The summed E-state index contributed by atoms with van der Waals surface area (Å²) in [5.74, 6) is 1.99. The summed E-state index contributed by atoms with van der Waals surface area (Å²) in [5.41, 5.74) is 3.10. The quantitative estimate of drug-likeness (QED) is 0.582. The van der Waals surface area contributed by atoms with Crippen molar-refractivity contribution in [3.63, 3.8) is 0 Å².